The molecule has 7 heteroatoms. The fourth-order valence-corrected chi connectivity index (χ4v) is 4.73. The maximum Gasteiger partial charge on any atom is 0.338 e. The van der Waals surface area contributed by atoms with Crippen LogP contribution in [0.1, 0.15) is 40.4 Å². The zero-order chi connectivity index (χ0) is 26.3. The summed E-state index contributed by atoms with van der Waals surface area (Å²) in [4.78, 5) is 21.9. The second kappa shape index (κ2) is 12.2. The summed E-state index contributed by atoms with van der Waals surface area (Å²) in [6.45, 7) is 8.19. The molecule has 7 nitrogen and oxygen atoms in total. The van der Waals surface area contributed by atoms with Crippen molar-refractivity contribution in [1.82, 2.24) is 9.88 Å². The summed E-state index contributed by atoms with van der Waals surface area (Å²) in [6, 6.07) is 20.1. The van der Waals surface area contributed by atoms with Crippen molar-refractivity contribution in [3.8, 4) is 23.1 Å². The van der Waals surface area contributed by atoms with Gasteiger partial charge in [0.15, 0.2) is 0 Å². The van der Waals surface area contributed by atoms with Crippen molar-refractivity contribution >= 4 is 11.8 Å². The Labute approximate surface area is 224 Å². The number of hydrogen-bond donors (Lipinski definition) is 1. The van der Waals surface area contributed by atoms with Crippen LogP contribution >= 0.6 is 0 Å². The van der Waals surface area contributed by atoms with E-state index in [1.54, 1.807) is 19.1 Å². The van der Waals surface area contributed by atoms with Crippen LogP contribution in [-0.4, -0.2) is 67.9 Å². The van der Waals surface area contributed by atoms with E-state index in [0.29, 0.717) is 12.2 Å². The molecule has 2 fully saturated rings. The normalized spacial score (nSPS) is 17.6. The number of ether oxygens (including phenoxy) is 2. The smallest absolute Gasteiger partial charge is 0.338 e. The van der Waals surface area contributed by atoms with Gasteiger partial charge in [-0.15, -0.1) is 0 Å². The minimum atomic E-state index is -0.348. The number of nitrogens with two attached hydrogens (primary N) is 1. The number of carbonyl (C=O) groups excluding carboxylic acids is 1. The van der Waals surface area contributed by atoms with Crippen molar-refractivity contribution in [3.05, 3.63) is 82.9 Å². The van der Waals surface area contributed by atoms with Gasteiger partial charge in [-0.05, 0) is 55.3 Å². The summed E-state index contributed by atoms with van der Waals surface area (Å²) in [7, 11) is 0. The van der Waals surface area contributed by atoms with Crippen LogP contribution in [0.3, 0.4) is 0 Å². The molecular formula is C31H34N4O3. The summed E-state index contributed by atoms with van der Waals surface area (Å²) >= 11 is 0. The SMILES string of the molecule is CCOC(=O)c1cc(-c2ccc(C#Cc3ccc(CN4CCOCC4)cc3)cc2)nc(N2CCC(N)C2)c1. The fraction of sp³-hybridized carbons (Fsp3) is 0.355. The van der Waals surface area contributed by atoms with Crippen LogP contribution < -0.4 is 10.6 Å². The molecule has 2 N–H and O–H groups in total. The summed E-state index contributed by atoms with van der Waals surface area (Å²) in [6.07, 6.45) is 0.907. The van der Waals surface area contributed by atoms with Crippen LogP contribution in [0.4, 0.5) is 5.82 Å². The van der Waals surface area contributed by atoms with E-state index >= 15 is 0 Å². The minimum Gasteiger partial charge on any atom is -0.462 e. The quantitative estimate of drug-likeness (QED) is 0.400. The van der Waals surface area contributed by atoms with Gasteiger partial charge in [0, 0.05) is 55.5 Å². The lowest BCUT2D eigenvalue weighted by Crippen LogP contribution is -2.35. The first-order chi connectivity index (χ1) is 18.6. The Morgan fingerprint density at radius 1 is 1.03 bits per heavy atom. The second-order valence-corrected chi connectivity index (χ2v) is 9.73. The molecule has 3 aromatic rings. The summed E-state index contributed by atoms with van der Waals surface area (Å²) < 4.78 is 10.7. The van der Waals surface area contributed by atoms with Gasteiger partial charge in [-0.3, -0.25) is 4.90 Å². The van der Waals surface area contributed by atoms with Crippen molar-refractivity contribution in [2.45, 2.75) is 25.9 Å². The Morgan fingerprint density at radius 2 is 1.71 bits per heavy atom. The van der Waals surface area contributed by atoms with Gasteiger partial charge in [-0.1, -0.05) is 36.1 Å². The van der Waals surface area contributed by atoms with Crippen molar-refractivity contribution in [3.63, 3.8) is 0 Å². The van der Waals surface area contributed by atoms with E-state index in [2.05, 4.69) is 45.9 Å². The van der Waals surface area contributed by atoms with Crippen LogP contribution in [0.15, 0.2) is 60.7 Å². The van der Waals surface area contributed by atoms with E-state index in [1.165, 1.54) is 5.56 Å². The Morgan fingerprint density at radius 3 is 2.34 bits per heavy atom. The number of morpholine rings is 1. The van der Waals surface area contributed by atoms with Gasteiger partial charge in [0.1, 0.15) is 5.82 Å². The van der Waals surface area contributed by atoms with Crippen LogP contribution in [0.5, 0.6) is 0 Å². The van der Waals surface area contributed by atoms with Gasteiger partial charge in [0.25, 0.3) is 0 Å². The standard InChI is InChI=1S/C31H34N4O3/c1-2-38-31(36)27-19-29(33-30(20-27)35-14-13-28(32)22-35)26-11-9-24(10-12-26)4-3-23-5-7-25(8-6-23)21-34-15-17-37-18-16-34/h5-12,19-20,28H,2,13-18,21-22,32H2,1H3. The molecule has 2 aromatic carbocycles. The molecule has 0 aliphatic carbocycles. The highest BCUT2D eigenvalue weighted by atomic mass is 16.5. The lowest BCUT2D eigenvalue weighted by atomic mass is 10.1. The molecule has 1 aromatic heterocycles. The van der Waals surface area contributed by atoms with E-state index in [4.69, 9.17) is 20.2 Å². The van der Waals surface area contributed by atoms with Crippen LogP contribution in [-0.2, 0) is 16.0 Å². The Bertz CT molecular complexity index is 1310. The first-order valence-electron chi connectivity index (χ1n) is 13.3. The molecule has 0 bridgehead atoms. The number of anilines is 1. The Balaban J connectivity index is 1.30. The predicted octanol–water partition coefficient (Wildman–Crippen LogP) is 3.69. The molecule has 2 aliphatic heterocycles. The zero-order valence-electron chi connectivity index (χ0n) is 21.9. The number of nitrogens with zero attached hydrogens (tertiary/aromatic N) is 3. The topological polar surface area (TPSA) is 80.9 Å². The minimum absolute atomic E-state index is 0.116. The molecule has 3 heterocycles. The molecule has 38 heavy (non-hydrogen) atoms. The lowest BCUT2D eigenvalue weighted by Gasteiger charge is -2.26. The first-order valence-corrected chi connectivity index (χ1v) is 13.3. The average molecular weight is 511 g/mol. The molecule has 2 aliphatic rings. The molecule has 0 saturated carbocycles. The molecule has 2 saturated heterocycles. The molecule has 1 unspecified atom stereocenters. The van der Waals surface area contributed by atoms with Crippen molar-refractivity contribution < 1.29 is 14.3 Å². The highest BCUT2D eigenvalue weighted by Crippen LogP contribution is 2.26. The van der Waals surface area contributed by atoms with Gasteiger partial charge in [0.2, 0.25) is 0 Å². The van der Waals surface area contributed by atoms with Gasteiger partial charge in [-0.2, -0.15) is 0 Å². The molecule has 196 valence electrons. The number of benzene rings is 2. The maximum atomic E-state index is 12.5. The molecule has 0 amide bonds. The number of aromatic nitrogens is 1. The van der Waals surface area contributed by atoms with Crippen molar-refractivity contribution in [2.75, 3.05) is 50.9 Å². The number of pyridine rings is 1. The predicted molar refractivity (Wildman–Crippen MR) is 149 cm³/mol. The van der Waals surface area contributed by atoms with Crippen molar-refractivity contribution in [1.29, 1.82) is 0 Å². The summed E-state index contributed by atoms with van der Waals surface area (Å²) in [5, 5.41) is 0. The van der Waals surface area contributed by atoms with Crippen molar-refractivity contribution in [2.24, 2.45) is 5.73 Å². The number of rotatable bonds is 6. The number of hydrogen-bond acceptors (Lipinski definition) is 7. The third-order valence-corrected chi connectivity index (χ3v) is 6.87. The van der Waals surface area contributed by atoms with E-state index in [-0.39, 0.29) is 12.0 Å². The molecule has 1 atom stereocenters. The third-order valence-electron chi connectivity index (χ3n) is 6.87. The Kier molecular flexibility index (Phi) is 8.34. The highest BCUT2D eigenvalue weighted by molar-refractivity contribution is 5.91. The number of carbonyl (C=O) groups is 1. The van der Waals surface area contributed by atoms with Crippen LogP contribution in [0.25, 0.3) is 11.3 Å². The zero-order valence-corrected chi connectivity index (χ0v) is 21.9. The van der Waals surface area contributed by atoms with Gasteiger partial charge < -0.3 is 20.1 Å². The highest BCUT2D eigenvalue weighted by Gasteiger charge is 2.22. The fourth-order valence-electron chi connectivity index (χ4n) is 4.73. The molecule has 0 radical (unpaired) electrons. The lowest BCUT2D eigenvalue weighted by molar-refractivity contribution is 0.0342. The van der Waals surface area contributed by atoms with E-state index in [1.807, 2.05) is 24.3 Å². The monoisotopic (exact) mass is 510 g/mol. The summed E-state index contributed by atoms with van der Waals surface area (Å²) in [5.41, 5.74) is 11.4. The molecule has 5 rings (SSSR count). The Hall–Kier alpha value is -3.70. The van der Waals surface area contributed by atoms with Crippen LogP contribution in [0, 0.1) is 11.8 Å². The maximum absolute atomic E-state index is 12.5. The number of esters is 1. The van der Waals surface area contributed by atoms with Gasteiger partial charge in [-0.25, -0.2) is 9.78 Å². The second-order valence-electron chi connectivity index (χ2n) is 9.73. The average Bonchev–Trinajstić information content (AvgIpc) is 3.40. The van der Waals surface area contributed by atoms with Gasteiger partial charge in [0.05, 0.1) is 31.1 Å². The first kappa shape index (κ1) is 25.9. The molecular weight excluding hydrogens is 476 g/mol. The van der Waals surface area contributed by atoms with E-state index < -0.39 is 0 Å². The van der Waals surface area contributed by atoms with Crippen LogP contribution in [0.2, 0.25) is 0 Å². The van der Waals surface area contributed by atoms with Gasteiger partial charge >= 0.3 is 5.97 Å². The summed E-state index contributed by atoms with van der Waals surface area (Å²) in [5.74, 6) is 6.92. The van der Waals surface area contributed by atoms with E-state index in [0.717, 1.165) is 80.6 Å². The largest absolute Gasteiger partial charge is 0.462 e. The van der Waals surface area contributed by atoms with E-state index in [9.17, 15) is 4.79 Å². The third kappa shape index (κ3) is 6.59. The molecule has 0 spiro atoms.